The van der Waals surface area contributed by atoms with Crippen molar-refractivity contribution in [1.82, 2.24) is 25.1 Å². The number of aromatic nitrogens is 4. The fourth-order valence-electron chi connectivity index (χ4n) is 3.15. The summed E-state index contributed by atoms with van der Waals surface area (Å²) in [5.41, 5.74) is 2.23. The summed E-state index contributed by atoms with van der Waals surface area (Å²) < 4.78 is 1.81. The summed E-state index contributed by atoms with van der Waals surface area (Å²) in [6.07, 6.45) is 4.42. The Hall–Kier alpha value is -2.99. The molecule has 2 heterocycles. The lowest BCUT2D eigenvalue weighted by molar-refractivity contribution is 0.282. The van der Waals surface area contributed by atoms with Crippen molar-refractivity contribution in [2.24, 2.45) is 0 Å². The first-order chi connectivity index (χ1) is 12.9. The standard InChI is InChI=1S/C20H22N6/c1-3-8-18(9-4-1)10-7-13-24-14-16-25(17-15-24)20-21-22-23-26(20)19-11-5-2-6-12-19/h1-12H,13-17H2. The van der Waals surface area contributed by atoms with E-state index in [-0.39, 0.29) is 0 Å². The van der Waals surface area contributed by atoms with Crippen molar-refractivity contribution >= 4 is 12.0 Å². The summed E-state index contributed by atoms with van der Waals surface area (Å²) in [5, 5.41) is 12.3. The first-order valence-corrected chi connectivity index (χ1v) is 8.93. The van der Waals surface area contributed by atoms with Crippen LogP contribution < -0.4 is 4.90 Å². The number of rotatable bonds is 5. The molecule has 6 nitrogen and oxygen atoms in total. The average Bonchev–Trinajstić information content (AvgIpc) is 3.20. The minimum atomic E-state index is 0.815. The van der Waals surface area contributed by atoms with Gasteiger partial charge in [-0.1, -0.05) is 65.8 Å². The Balaban J connectivity index is 1.35. The number of nitrogens with zero attached hydrogens (tertiary/aromatic N) is 6. The molecule has 4 rings (SSSR count). The van der Waals surface area contributed by atoms with Gasteiger partial charge in [-0.05, 0) is 28.1 Å². The molecule has 0 radical (unpaired) electrons. The highest BCUT2D eigenvalue weighted by atomic mass is 15.6. The van der Waals surface area contributed by atoms with Crippen LogP contribution in [0.25, 0.3) is 11.8 Å². The lowest BCUT2D eigenvalue weighted by Crippen LogP contribution is -2.47. The lowest BCUT2D eigenvalue weighted by Gasteiger charge is -2.34. The predicted molar refractivity (Wildman–Crippen MR) is 103 cm³/mol. The van der Waals surface area contributed by atoms with Crippen LogP contribution in [-0.2, 0) is 0 Å². The Bertz CT molecular complexity index is 835. The van der Waals surface area contributed by atoms with E-state index in [1.807, 2.05) is 41.1 Å². The van der Waals surface area contributed by atoms with Crippen molar-refractivity contribution in [3.05, 3.63) is 72.3 Å². The average molecular weight is 346 g/mol. The zero-order valence-electron chi connectivity index (χ0n) is 14.6. The Morgan fingerprint density at radius 3 is 2.27 bits per heavy atom. The monoisotopic (exact) mass is 346 g/mol. The second-order valence-corrected chi connectivity index (χ2v) is 6.33. The van der Waals surface area contributed by atoms with Crippen LogP contribution in [0.5, 0.6) is 0 Å². The first kappa shape index (κ1) is 16.5. The number of para-hydroxylation sites is 1. The predicted octanol–water partition coefficient (Wildman–Crippen LogP) is 2.50. The minimum absolute atomic E-state index is 0.815. The minimum Gasteiger partial charge on any atom is -0.337 e. The summed E-state index contributed by atoms with van der Waals surface area (Å²) in [6, 6.07) is 20.4. The van der Waals surface area contributed by atoms with Gasteiger partial charge in [0.2, 0.25) is 5.95 Å². The van der Waals surface area contributed by atoms with E-state index >= 15 is 0 Å². The molecule has 26 heavy (non-hydrogen) atoms. The van der Waals surface area contributed by atoms with E-state index in [0.29, 0.717) is 0 Å². The van der Waals surface area contributed by atoms with Crippen LogP contribution in [0.15, 0.2) is 66.7 Å². The van der Waals surface area contributed by atoms with Gasteiger partial charge in [0.05, 0.1) is 5.69 Å². The molecule has 6 heteroatoms. The van der Waals surface area contributed by atoms with Crippen molar-refractivity contribution in [2.45, 2.75) is 0 Å². The van der Waals surface area contributed by atoms with Gasteiger partial charge in [0.1, 0.15) is 0 Å². The zero-order chi connectivity index (χ0) is 17.6. The Kier molecular flexibility index (Phi) is 5.02. The molecule has 0 unspecified atom stereocenters. The quantitative estimate of drug-likeness (QED) is 0.710. The number of piperazine rings is 1. The third-order valence-electron chi connectivity index (χ3n) is 4.58. The van der Waals surface area contributed by atoms with E-state index in [1.165, 1.54) is 5.56 Å². The van der Waals surface area contributed by atoms with Crippen LogP contribution in [0.4, 0.5) is 5.95 Å². The van der Waals surface area contributed by atoms with Crippen LogP contribution >= 0.6 is 0 Å². The lowest BCUT2D eigenvalue weighted by atomic mass is 10.2. The van der Waals surface area contributed by atoms with Gasteiger partial charge in [-0.15, -0.1) is 0 Å². The van der Waals surface area contributed by atoms with Gasteiger partial charge in [-0.2, -0.15) is 4.68 Å². The van der Waals surface area contributed by atoms with E-state index in [4.69, 9.17) is 0 Å². The van der Waals surface area contributed by atoms with Gasteiger partial charge in [-0.3, -0.25) is 4.90 Å². The van der Waals surface area contributed by atoms with Gasteiger partial charge in [0, 0.05) is 32.7 Å². The largest absolute Gasteiger partial charge is 0.337 e. The fraction of sp³-hybridized carbons (Fsp3) is 0.250. The maximum atomic E-state index is 4.24. The normalized spacial score (nSPS) is 15.6. The SMILES string of the molecule is C(=Cc1ccccc1)CN1CCN(c2nnnn2-c2ccccc2)CC1. The van der Waals surface area contributed by atoms with Gasteiger partial charge in [-0.25, -0.2) is 0 Å². The van der Waals surface area contributed by atoms with Gasteiger partial charge in [0.15, 0.2) is 0 Å². The summed E-state index contributed by atoms with van der Waals surface area (Å²) >= 11 is 0. The molecule has 1 fully saturated rings. The van der Waals surface area contributed by atoms with Crippen molar-refractivity contribution in [1.29, 1.82) is 0 Å². The molecule has 0 amide bonds. The number of benzene rings is 2. The molecular formula is C20H22N6. The van der Waals surface area contributed by atoms with Crippen molar-refractivity contribution in [3.63, 3.8) is 0 Å². The molecule has 0 spiro atoms. The summed E-state index contributed by atoms with van der Waals surface area (Å²) in [4.78, 5) is 4.71. The van der Waals surface area contributed by atoms with E-state index < -0.39 is 0 Å². The highest BCUT2D eigenvalue weighted by molar-refractivity contribution is 5.48. The van der Waals surface area contributed by atoms with E-state index in [1.54, 1.807) is 0 Å². The molecule has 1 saturated heterocycles. The molecule has 3 aromatic rings. The summed E-state index contributed by atoms with van der Waals surface area (Å²) in [7, 11) is 0. The molecular weight excluding hydrogens is 324 g/mol. The molecule has 0 N–H and O–H groups in total. The molecule has 2 aromatic carbocycles. The molecule has 0 bridgehead atoms. The van der Waals surface area contributed by atoms with Crippen LogP contribution in [0.3, 0.4) is 0 Å². The maximum Gasteiger partial charge on any atom is 0.250 e. The first-order valence-electron chi connectivity index (χ1n) is 8.93. The third kappa shape index (κ3) is 3.81. The van der Waals surface area contributed by atoms with E-state index in [0.717, 1.165) is 44.4 Å². The third-order valence-corrected chi connectivity index (χ3v) is 4.58. The Morgan fingerprint density at radius 2 is 1.54 bits per heavy atom. The molecule has 0 atom stereocenters. The second kappa shape index (κ2) is 7.93. The molecule has 0 aliphatic carbocycles. The van der Waals surface area contributed by atoms with Crippen LogP contribution in [-0.4, -0.2) is 57.8 Å². The topological polar surface area (TPSA) is 50.1 Å². The smallest absolute Gasteiger partial charge is 0.250 e. The van der Waals surface area contributed by atoms with Gasteiger partial charge >= 0.3 is 0 Å². The fourth-order valence-corrected chi connectivity index (χ4v) is 3.15. The van der Waals surface area contributed by atoms with Gasteiger partial charge < -0.3 is 4.90 Å². The molecule has 1 aromatic heterocycles. The van der Waals surface area contributed by atoms with Crippen LogP contribution in [0, 0.1) is 0 Å². The number of anilines is 1. The van der Waals surface area contributed by atoms with Crippen LogP contribution in [0.1, 0.15) is 5.56 Å². The summed E-state index contributed by atoms with van der Waals surface area (Å²) in [5.74, 6) is 0.815. The van der Waals surface area contributed by atoms with E-state index in [9.17, 15) is 0 Å². The molecule has 0 saturated carbocycles. The van der Waals surface area contributed by atoms with Crippen LogP contribution in [0.2, 0.25) is 0 Å². The molecule has 1 aliphatic heterocycles. The second-order valence-electron chi connectivity index (χ2n) is 6.33. The molecule has 132 valence electrons. The maximum absolute atomic E-state index is 4.24. The number of hydrogen-bond acceptors (Lipinski definition) is 5. The van der Waals surface area contributed by atoms with E-state index in [2.05, 4.69) is 61.7 Å². The Morgan fingerprint density at radius 1 is 0.846 bits per heavy atom. The summed E-state index contributed by atoms with van der Waals surface area (Å²) in [6.45, 7) is 4.81. The Labute approximate surface area is 153 Å². The highest BCUT2D eigenvalue weighted by Gasteiger charge is 2.21. The number of tetrazole rings is 1. The van der Waals surface area contributed by atoms with Gasteiger partial charge in [0.25, 0.3) is 0 Å². The van der Waals surface area contributed by atoms with Crippen molar-refractivity contribution in [2.75, 3.05) is 37.6 Å². The van der Waals surface area contributed by atoms with Crippen molar-refractivity contribution in [3.8, 4) is 5.69 Å². The molecule has 1 aliphatic rings. The highest BCUT2D eigenvalue weighted by Crippen LogP contribution is 2.17. The number of hydrogen-bond donors (Lipinski definition) is 0. The zero-order valence-corrected chi connectivity index (χ0v) is 14.6. The van der Waals surface area contributed by atoms with Crippen molar-refractivity contribution < 1.29 is 0 Å².